The maximum Gasteiger partial charge on any atom is 0.384 e. The topological polar surface area (TPSA) is 35.5 Å². The maximum atomic E-state index is 10.8. The van der Waals surface area contributed by atoms with Gasteiger partial charge in [0.15, 0.2) is 0 Å². The fraction of sp³-hybridized carbons (Fsp3) is 0.667. The lowest BCUT2D eigenvalue weighted by atomic mass is 10.1. The van der Waals surface area contributed by atoms with Crippen LogP contribution in [0.15, 0.2) is 0 Å². The minimum Gasteiger partial charge on any atom is -0.456 e. The molecule has 0 aliphatic carbocycles. The van der Waals surface area contributed by atoms with Gasteiger partial charge in [0, 0.05) is 13.0 Å². The van der Waals surface area contributed by atoms with E-state index in [1.54, 1.807) is 27.9 Å². The molecular weight excluding hydrogens is 156 g/mol. The Kier molecular flexibility index (Phi) is 4.38. The molecule has 0 aromatic carbocycles. The first-order valence-corrected chi connectivity index (χ1v) is 3.77. The number of methoxy groups -OCH3 is 1. The average Bonchev–Trinajstić information content (AvgIpc) is 2.02. The van der Waals surface area contributed by atoms with Crippen molar-refractivity contribution < 1.29 is 14.3 Å². The van der Waals surface area contributed by atoms with E-state index in [4.69, 9.17) is 4.74 Å². The third-order valence-electron chi connectivity index (χ3n) is 1.25. The first-order chi connectivity index (χ1) is 5.52. The van der Waals surface area contributed by atoms with Crippen LogP contribution < -0.4 is 0 Å². The van der Waals surface area contributed by atoms with Gasteiger partial charge in [-0.2, -0.15) is 0 Å². The van der Waals surface area contributed by atoms with E-state index in [0.29, 0.717) is 6.61 Å². The summed E-state index contributed by atoms with van der Waals surface area (Å²) in [6.45, 7) is 5.64. The van der Waals surface area contributed by atoms with Gasteiger partial charge in [0.1, 0.15) is 5.60 Å². The van der Waals surface area contributed by atoms with E-state index in [9.17, 15) is 4.79 Å². The number of rotatable bonds is 2. The Morgan fingerprint density at radius 1 is 1.50 bits per heavy atom. The van der Waals surface area contributed by atoms with Gasteiger partial charge in [0.05, 0.1) is 6.61 Å². The summed E-state index contributed by atoms with van der Waals surface area (Å²) in [7, 11) is 1.54. The van der Waals surface area contributed by atoms with Crippen molar-refractivity contribution in [2.45, 2.75) is 26.4 Å². The molecule has 0 aliphatic heterocycles. The first-order valence-electron chi connectivity index (χ1n) is 3.77. The molecule has 0 aromatic heterocycles. The van der Waals surface area contributed by atoms with Crippen molar-refractivity contribution >= 4 is 5.97 Å². The van der Waals surface area contributed by atoms with Gasteiger partial charge in [-0.05, 0) is 20.8 Å². The van der Waals surface area contributed by atoms with Crippen LogP contribution in [0, 0.1) is 11.8 Å². The predicted octanol–water partition coefficient (Wildman–Crippen LogP) is 0.978. The highest BCUT2D eigenvalue weighted by atomic mass is 16.5. The van der Waals surface area contributed by atoms with E-state index in [1.807, 2.05) is 0 Å². The molecule has 12 heavy (non-hydrogen) atoms. The molecule has 0 atom stereocenters. The second kappa shape index (κ2) is 4.78. The van der Waals surface area contributed by atoms with Gasteiger partial charge >= 0.3 is 5.97 Å². The third-order valence-corrected chi connectivity index (χ3v) is 1.25. The molecule has 0 spiro atoms. The summed E-state index contributed by atoms with van der Waals surface area (Å²) in [5.74, 6) is 4.47. The lowest BCUT2D eigenvalue weighted by molar-refractivity contribution is -0.136. The van der Waals surface area contributed by atoms with E-state index < -0.39 is 11.6 Å². The first kappa shape index (κ1) is 11.0. The molecule has 3 heteroatoms. The van der Waals surface area contributed by atoms with E-state index in [1.165, 1.54) is 0 Å². The molecule has 0 rings (SSSR count). The molecular formula is C9H14O3. The van der Waals surface area contributed by atoms with Crippen LogP contribution in [0.2, 0.25) is 0 Å². The molecule has 68 valence electrons. The highest BCUT2D eigenvalue weighted by Gasteiger charge is 2.11. The predicted molar refractivity (Wildman–Crippen MR) is 45.5 cm³/mol. The number of hydrogen-bond donors (Lipinski definition) is 0. The molecule has 0 radical (unpaired) electrons. The normalized spacial score (nSPS) is 10.0. The van der Waals surface area contributed by atoms with Crippen molar-refractivity contribution in [2.75, 3.05) is 13.7 Å². The Morgan fingerprint density at radius 3 is 2.50 bits per heavy atom. The van der Waals surface area contributed by atoms with E-state index in [2.05, 4.69) is 16.6 Å². The lowest BCUT2D eigenvalue weighted by Gasteiger charge is -2.13. The minimum absolute atomic E-state index is 0.348. The summed E-state index contributed by atoms with van der Waals surface area (Å²) in [5.41, 5.74) is -0.591. The quantitative estimate of drug-likeness (QED) is 0.352. The molecule has 0 fully saturated rings. The zero-order chi connectivity index (χ0) is 9.61. The highest BCUT2D eigenvalue weighted by molar-refractivity contribution is 5.88. The number of carbonyl (C=O) groups excluding carboxylic acids is 1. The van der Waals surface area contributed by atoms with Gasteiger partial charge in [0.2, 0.25) is 0 Å². The monoisotopic (exact) mass is 170 g/mol. The smallest absolute Gasteiger partial charge is 0.384 e. The minimum atomic E-state index is -0.591. The van der Waals surface area contributed by atoms with Crippen molar-refractivity contribution in [3.8, 4) is 11.8 Å². The van der Waals surface area contributed by atoms with Crippen LogP contribution in [-0.4, -0.2) is 25.3 Å². The van der Waals surface area contributed by atoms with Gasteiger partial charge in [-0.15, -0.1) is 0 Å². The van der Waals surface area contributed by atoms with Crippen LogP contribution in [-0.2, 0) is 14.3 Å². The van der Waals surface area contributed by atoms with Crippen molar-refractivity contribution in [1.29, 1.82) is 0 Å². The Hall–Kier alpha value is -1.01. The van der Waals surface area contributed by atoms with E-state index in [-0.39, 0.29) is 0 Å². The second-order valence-corrected chi connectivity index (χ2v) is 2.68. The highest BCUT2D eigenvalue weighted by Crippen LogP contribution is 2.03. The Morgan fingerprint density at radius 2 is 2.08 bits per heavy atom. The maximum absolute atomic E-state index is 10.8. The van der Waals surface area contributed by atoms with Gasteiger partial charge in [-0.1, -0.05) is 5.92 Å². The molecule has 3 nitrogen and oxygen atoms in total. The van der Waals surface area contributed by atoms with Crippen LogP contribution in [0.3, 0.4) is 0 Å². The van der Waals surface area contributed by atoms with Crippen molar-refractivity contribution in [3.05, 3.63) is 0 Å². The molecule has 0 saturated carbocycles. The van der Waals surface area contributed by atoms with Crippen molar-refractivity contribution in [2.24, 2.45) is 0 Å². The zero-order valence-electron chi connectivity index (χ0n) is 7.93. The van der Waals surface area contributed by atoms with Crippen LogP contribution in [0.25, 0.3) is 0 Å². The number of ether oxygens (including phenoxy) is 2. The molecule has 0 heterocycles. The van der Waals surface area contributed by atoms with Gasteiger partial charge in [0.25, 0.3) is 0 Å². The van der Waals surface area contributed by atoms with Crippen LogP contribution in [0.1, 0.15) is 20.8 Å². The largest absolute Gasteiger partial charge is 0.456 e. The van der Waals surface area contributed by atoms with E-state index >= 15 is 0 Å². The molecule has 0 amide bonds. The molecule has 0 saturated heterocycles. The lowest BCUT2D eigenvalue weighted by Crippen LogP contribution is -2.19. The molecule has 0 bridgehead atoms. The zero-order valence-corrected chi connectivity index (χ0v) is 7.93. The summed E-state index contributed by atoms with van der Waals surface area (Å²) < 4.78 is 9.60. The third kappa shape index (κ3) is 4.75. The standard InChI is InChI=1S/C9H14O3/c1-5-12-8(10)6-7-9(2,3)11-4/h5H2,1-4H3. The summed E-state index contributed by atoms with van der Waals surface area (Å²) in [4.78, 5) is 10.8. The summed E-state index contributed by atoms with van der Waals surface area (Å²) in [6, 6.07) is 0. The average molecular weight is 170 g/mol. The van der Waals surface area contributed by atoms with Crippen molar-refractivity contribution in [1.82, 2.24) is 0 Å². The number of hydrogen-bond acceptors (Lipinski definition) is 3. The fourth-order valence-electron chi connectivity index (χ4n) is 0.420. The molecule has 0 aliphatic rings. The van der Waals surface area contributed by atoms with Gasteiger partial charge < -0.3 is 9.47 Å². The van der Waals surface area contributed by atoms with Crippen LogP contribution in [0.5, 0.6) is 0 Å². The Balaban J connectivity index is 4.11. The van der Waals surface area contributed by atoms with Gasteiger partial charge in [-0.25, -0.2) is 4.79 Å². The number of esters is 1. The van der Waals surface area contributed by atoms with Gasteiger partial charge in [-0.3, -0.25) is 0 Å². The van der Waals surface area contributed by atoms with Crippen LogP contribution in [0.4, 0.5) is 0 Å². The molecule has 0 aromatic rings. The van der Waals surface area contributed by atoms with Crippen molar-refractivity contribution in [3.63, 3.8) is 0 Å². The summed E-state index contributed by atoms with van der Waals surface area (Å²) >= 11 is 0. The summed E-state index contributed by atoms with van der Waals surface area (Å²) in [5, 5.41) is 0. The summed E-state index contributed by atoms with van der Waals surface area (Å²) in [6.07, 6.45) is 0. The number of carbonyl (C=O) groups is 1. The molecule has 0 N–H and O–H groups in total. The fourth-order valence-corrected chi connectivity index (χ4v) is 0.420. The van der Waals surface area contributed by atoms with E-state index in [0.717, 1.165) is 0 Å². The Bertz CT molecular complexity index is 208. The molecule has 0 unspecified atom stereocenters. The van der Waals surface area contributed by atoms with Crippen LogP contribution >= 0.6 is 0 Å². The SMILES string of the molecule is CCOC(=O)C#CC(C)(C)OC. The Labute approximate surface area is 73.0 Å². The second-order valence-electron chi connectivity index (χ2n) is 2.68.